The zero-order valence-corrected chi connectivity index (χ0v) is 12.3. The summed E-state index contributed by atoms with van der Waals surface area (Å²) in [7, 11) is -2.17. The van der Waals surface area contributed by atoms with Crippen LogP contribution in [0.2, 0.25) is 0 Å². The Hall–Kier alpha value is -1.58. The number of hydrogen-bond acceptors (Lipinski definition) is 5. The van der Waals surface area contributed by atoms with Crippen LogP contribution in [-0.2, 0) is 10.0 Å². The summed E-state index contributed by atoms with van der Waals surface area (Å²) in [5.74, 6) is -0.910. The van der Waals surface area contributed by atoms with Crippen LogP contribution >= 0.6 is 0 Å². The SMILES string of the molecule is CNCC1CCN(S(=O)(=O)c2ccc([N+](=O)[O-])cc2F)C1. The number of nitro groups is 1. The maximum Gasteiger partial charge on any atom is 0.272 e. The Labute approximate surface area is 122 Å². The van der Waals surface area contributed by atoms with Gasteiger partial charge in [0, 0.05) is 19.2 Å². The van der Waals surface area contributed by atoms with Crippen molar-refractivity contribution in [1.82, 2.24) is 9.62 Å². The molecule has 2 rings (SSSR count). The first kappa shape index (κ1) is 15.8. The van der Waals surface area contributed by atoms with Gasteiger partial charge in [0.25, 0.3) is 5.69 Å². The number of hydrogen-bond donors (Lipinski definition) is 1. The van der Waals surface area contributed by atoms with Crippen molar-refractivity contribution in [3.05, 3.63) is 34.1 Å². The average molecular weight is 317 g/mol. The molecule has 1 aromatic carbocycles. The first-order valence-corrected chi connectivity index (χ1v) is 7.89. The number of sulfonamides is 1. The fourth-order valence-electron chi connectivity index (χ4n) is 2.42. The van der Waals surface area contributed by atoms with Gasteiger partial charge < -0.3 is 5.32 Å². The van der Waals surface area contributed by atoms with Crippen LogP contribution < -0.4 is 5.32 Å². The summed E-state index contributed by atoms with van der Waals surface area (Å²) < 4.78 is 39.9. The van der Waals surface area contributed by atoms with Gasteiger partial charge in [0.05, 0.1) is 11.0 Å². The molecule has 0 saturated carbocycles. The molecule has 1 unspecified atom stereocenters. The third kappa shape index (κ3) is 3.20. The number of non-ortho nitro benzene ring substituents is 1. The highest BCUT2D eigenvalue weighted by atomic mass is 32.2. The van der Waals surface area contributed by atoms with Gasteiger partial charge in [-0.2, -0.15) is 4.31 Å². The summed E-state index contributed by atoms with van der Waals surface area (Å²) in [5.41, 5.74) is -0.471. The Kier molecular flexibility index (Phi) is 4.55. The molecule has 1 saturated heterocycles. The molecule has 1 N–H and O–H groups in total. The number of nitrogens with one attached hydrogen (secondary N) is 1. The topological polar surface area (TPSA) is 92.6 Å². The molecule has 9 heteroatoms. The van der Waals surface area contributed by atoms with E-state index >= 15 is 0 Å². The van der Waals surface area contributed by atoms with Crippen LogP contribution in [0.1, 0.15) is 6.42 Å². The van der Waals surface area contributed by atoms with Gasteiger partial charge in [-0.1, -0.05) is 0 Å². The fourth-order valence-corrected chi connectivity index (χ4v) is 4.00. The molecule has 0 bridgehead atoms. The van der Waals surface area contributed by atoms with Crippen molar-refractivity contribution >= 4 is 15.7 Å². The van der Waals surface area contributed by atoms with E-state index in [4.69, 9.17) is 0 Å². The Balaban J connectivity index is 2.26. The molecule has 0 amide bonds. The second-order valence-electron chi connectivity index (χ2n) is 4.95. The van der Waals surface area contributed by atoms with Crippen molar-refractivity contribution in [2.45, 2.75) is 11.3 Å². The van der Waals surface area contributed by atoms with Crippen LogP contribution in [0, 0.1) is 21.8 Å². The van der Waals surface area contributed by atoms with E-state index in [1.165, 1.54) is 4.31 Å². The number of nitrogens with zero attached hydrogens (tertiary/aromatic N) is 2. The molecule has 1 aromatic rings. The molecule has 1 heterocycles. The first-order chi connectivity index (χ1) is 9.86. The van der Waals surface area contributed by atoms with Gasteiger partial charge in [0.2, 0.25) is 10.0 Å². The highest BCUT2D eigenvalue weighted by molar-refractivity contribution is 7.89. The average Bonchev–Trinajstić information content (AvgIpc) is 2.88. The maximum absolute atomic E-state index is 13.9. The van der Waals surface area contributed by atoms with E-state index in [0.29, 0.717) is 32.1 Å². The van der Waals surface area contributed by atoms with Gasteiger partial charge in [-0.3, -0.25) is 10.1 Å². The maximum atomic E-state index is 13.9. The number of nitro benzene ring substituents is 1. The molecule has 0 aromatic heterocycles. The Bertz CT molecular complexity index is 650. The summed E-state index contributed by atoms with van der Waals surface area (Å²) in [4.78, 5) is 9.28. The minimum atomic E-state index is -3.96. The molecule has 0 spiro atoms. The molecule has 116 valence electrons. The van der Waals surface area contributed by atoms with E-state index in [2.05, 4.69) is 5.32 Å². The van der Waals surface area contributed by atoms with Crippen LogP contribution in [-0.4, -0.2) is 44.3 Å². The largest absolute Gasteiger partial charge is 0.319 e. The summed E-state index contributed by atoms with van der Waals surface area (Å²) >= 11 is 0. The van der Waals surface area contributed by atoms with E-state index < -0.39 is 31.3 Å². The molecule has 7 nitrogen and oxygen atoms in total. The second-order valence-corrected chi connectivity index (χ2v) is 6.85. The van der Waals surface area contributed by atoms with E-state index in [-0.39, 0.29) is 5.92 Å². The van der Waals surface area contributed by atoms with Gasteiger partial charge in [-0.15, -0.1) is 0 Å². The lowest BCUT2D eigenvalue weighted by molar-refractivity contribution is -0.385. The van der Waals surface area contributed by atoms with Crippen molar-refractivity contribution in [3.63, 3.8) is 0 Å². The number of rotatable bonds is 5. The summed E-state index contributed by atoms with van der Waals surface area (Å²) in [6.07, 6.45) is 0.703. The molecule has 21 heavy (non-hydrogen) atoms. The van der Waals surface area contributed by atoms with E-state index in [1.807, 2.05) is 0 Å². The lowest BCUT2D eigenvalue weighted by Crippen LogP contribution is -2.31. The van der Waals surface area contributed by atoms with Crippen LogP contribution in [0.5, 0.6) is 0 Å². The molecule has 1 aliphatic rings. The van der Waals surface area contributed by atoms with Crippen LogP contribution in [0.15, 0.2) is 23.1 Å². The quantitative estimate of drug-likeness (QED) is 0.645. The summed E-state index contributed by atoms with van der Waals surface area (Å²) in [6, 6.07) is 2.58. The van der Waals surface area contributed by atoms with E-state index in [9.17, 15) is 22.9 Å². The monoisotopic (exact) mass is 317 g/mol. The third-order valence-corrected chi connectivity index (χ3v) is 5.38. The predicted molar refractivity (Wildman–Crippen MR) is 73.8 cm³/mol. The number of halogens is 1. The minimum absolute atomic E-state index is 0.186. The van der Waals surface area contributed by atoms with Crippen molar-refractivity contribution < 1.29 is 17.7 Å². The zero-order valence-electron chi connectivity index (χ0n) is 11.5. The Morgan fingerprint density at radius 1 is 1.52 bits per heavy atom. The van der Waals surface area contributed by atoms with Crippen LogP contribution in [0.25, 0.3) is 0 Å². The minimum Gasteiger partial charge on any atom is -0.319 e. The van der Waals surface area contributed by atoms with Gasteiger partial charge >= 0.3 is 0 Å². The Morgan fingerprint density at radius 2 is 2.24 bits per heavy atom. The number of benzene rings is 1. The third-order valence-electron chi connectivity index (χ3n) is 3.49. The lowest BCUT2D eigenvalue weighted by Gasteiger charge is -2.17. The molecular formula is C12H16FN3O4S. The highest BCUT2D eigenvalue weighted by Crippen LogP contribution is 2.27. The predicted octanol–water partition coefficient (Wildman–Crippen LogP) is 0.964. The molecule has 1 aliphatic heterocycles. The summed E-state index contributed by atoms with van der Waals surface area (Å²) in [6.45, 7) is 1.33. The molecule has 0 aliphatic carbocycles. The first-order valence-electron chi connectivity index (χ1n) is 6.45. The van der Waals surface area contributed by atoms with Gasteiger partial charge in [-0.25, -0.2) is 12.8 Å². The fraction of sp³-hybridized carbons (Fsp3) is 0.500. The lowest BCUT2D eigenvalue weighted by atomic mass is 10.1. The molecule has 1 fully saturated rings. The molecule has 0 radical (unpaired) electrons. The standard InChI is InChI=1S/C12H16FN3O4S/c1-14-7-9-4-5-15(8-9)21(19,20)12-3-2-10(16(17)18)6-11(12)13/h2-3,6,9,14H,4-5,7-8H2,1H3. The van der Waals surface area contributed by atoms with Gasteiger partial charge in [0.1, 0.15) is 10.7 Å². The van der Waals surface area contributed by atoms with Gasteiger partial charge in [-0.05, 0) is 32.0 Å². The normalized spacial score (nSPS) is 19.8. The smallest absolute Gasteiger partial charge is 0.272 e. The van der Waals surface area contributed by atoms with E-state index in [1.54, 1.807) is 7.05 Å². The molecular weight excluding hydrogens is 301 g/mol. The summed E-state index contributed by atoms with van der Waals surface area (Å²) in [5, 5.41) is 13.5. The van der Waals surface area contributed by atoms with Crippen molar-refractivity contribution in [2.75, 3.05) is 26.7 Å². The van der Waals surface area contributed by atoms with Gasteiger partial charge in [0.15, 0.2) is 0 Å². The van der Waals surface area contributed by atoms with Crippen molar-refractivity contribution in [1.29, 1.82) is 0 Å². The van der Waals surface area contributed by atoms with Crippen LogP contribution in [0.4, 0.5) is 10.1 Å². The van der Waals surface area contributed by atoms with E-state index in [0.717, 1.165) is 12.1 Å². The van der Waals surface area contributed by atoms with Crippen molar-refractivity contribution in [2.24, 2.45) is 5.92 Å². The highest BCUT2D eigenvalue weighted by Gasteiger charge is 2.34. The Morgan fingerprint density at radius 3 is 2.81 bits per heavy atom. The van der Waals surface area contributed by atoms with Crippen molar-refractivity contribution in [3.8, 4) is 0 Å². The molecule has 1 atom stereocenters. The van der Waals surface area contributed by atoms with Crippen LogP contribution in [0.3, 0.4) is 0 Å². The zero-order chi connectivity index (χ0) is 15.6. The second kappa shape index (κ2) is 6.04.